The van der Waals surface area contributed by atoms with Crippen molar-refractivity contribution < 1.29 is 13.9 Å². The van der Waals surface area contributed by atoms with Crippen LogP contribution in [0.3, 0.4) is 0 Å². The lowest BCUT2D eigenvalue weighted by Gasteiger charge is -2.11. The van der Waals surface area contributed by atoms with E-state index < -0.39 is 5.82 Å². The van der Waals surface area contributed by atoms with Crippen LogP contribution < -0.4 is 10.1 Å². The molecule has 1 N–H and O–H groups in total. The number of halogens is 3. The zero-order chi connectivity index (χ0) is 15.6. The van der Waals surface area contributed by atoms with Crippen molar-refractivity contribution in [1.82, 2.24) is 4.98 Å². The van der Waals surface area contributed by atoms with E-state index in [0.717, 1.165) is 0 Å². The Balaban J connectivity index is 2.55. The van der Waals surface area contributed by atoms with E-state index in [-0.39, 0.29) is 27.3 Å². The summed E-state index contributed by atoms with van der Waals surface area (Å²) in [6, 6.07) is 4.47. The average Bonchev–Trinajstić information content (AvgIpc) is 2.42. The van der Waals surface area contributed by atoms with Crippen LogP contribution in [0.5, 0.6) is 5.75 Å². The highest BCUT2D eigenvalue weighted by Crippen LogP contribution is 2.35. The zero-order valence-corrected chi connectivity index (χ0v) is 12.7. The van der Waals surface area contributed by atoms with Crippen molar-refractivity contribution in [3.05, 3.63) is 40.3 Å². The molecule has 110 valence electrons. The maximum absolute atomic E-state index is 14.3. The minimum absolute atomic E-state index is 0.0630. The molecular formula is C14H11Cl2FN2O2. The summed E-state index contributed by atoms with van der Waals surface area (Å²) in [6.45, 7) is 1.35. The predicted molar refractivity (Wildman–Crippen MR) is 80.5 cm³/mol. The third kappa shape index (κ3) is 3.25. The number of hydrogen-bond acceptors (Lipinski definition) is 3. The Morgan fingerprint density at radius 2 is 2.05 bits per heavy atom. The molecule has 21 heavy (non-hydrogen) atoms. The van der Waals surface area contributed by atoms with Gasteiger partial charge in [0.2, 0.25) is 5.91 Å². The van der Waals surface area contributed by atoms with Gasteiger partial charge in [-0.2, -0.15) is 0 Å². The average molecular weight is 329 g/mol. The largest absolute Gasteiger partial charge is 0.492 e. The van der Waals surface area contributed by atoms with Gasteiger partial charge in [-0.05, 0) is 18.2 Å². The number of pyridine rings is 1. The van der Waals surface area contributed by atoms with Gasteiger partial charge in [0.15, 0.2) is 11.6 Å². The SMILES string of the molecule is COc1c(Cl)ccc(-c2cc(NC(C)=O)c(Cl)cn2)c1F. The Hall–Kier alpha value is -1.85. The van der Waals surface area contributed by atoms with E-state index in [9.17, 15) is 9.18 Å². The molecule has 0 bridgehead atoms. The third-order valence-corrected chi connectivity index (χ3v) is 3.29. The van der Waals surface area contributed by atoms with Gasteiger partial charge in [-0.25, -0.2) is 4.39 Å². The van der Waals surface area contributed by atoms with E-state index in [0.29, 0.717) is 11.4 Å². The van der Waals surface area contributed by atoms with Crippen molar-refractivity contribution in [3.8, 4) is 17.0 Å². The maximum atomic E-state index is 14.3. The Morgan fingerprint density at radius 3 is 2.67 bits per heavy atom. The van der Waals surface area contributed by atoms with Crippen molar-refractivity contribution in [2.24, 2.45) is 0 Å². The summed E-state index contributed by atoms with van der Waals surface area (Å²) < 4.78 is 19.3. The highest BCUT2D eigenvalue weighted by molar-refractivity contribution is 6.33. The summed E-state index contributed by atoms with van der Waals surface area (Å²) in [4.78, 5) is 15.2. The van der Waals surface area contributed by atoms with Gasteiger partial charge in [0.05, 0.1) is 28.5 Å². The number of nitrogens with zero attached hydrogens (tertiary/aromatic N) is 1. The van der Waals surface area contributed by atoms with Crippen LogP contribution in [0.1, 0.15) is 6.92 Å². The highest BCUT2D eigenvalue weighted by Gasteiger charge is 2.16. The van der Waals surface area contributed by atoms with Crippen molar-refractivity contribution in [3.63, 3.8) is 0 Å². The molecule has 0 saturated carbocycles. The number of aromatic nitrogens is 1. The fraction of sp³-hybridized carbons (Fsp3) is 0.143. The van der Waals surface area contributed by atoms with Gasteiger partial charge in [0, 0.05) is 18.7 Å². The Labute approximate surface area is 130 Å². The molecule has 0 aliphatic carbocycles. The molecule has 0 unspecified atom stereocenters. The van der Waals surface area contributed by atoms with E-state index in [1.807, 2.05) is 0 Å². The van der Waals surface area contributed by atoms with Gasteiger partial charge in [-0.1, -0.05) is 23.2 Å². The van der Waals surface area contributed by atoms with Gasteiger partial charge in [0.1, 0.15) is 0 Å². The fourth-order valence-electron chi connectivity index (χ4n) is 1.79. The molecule has 0 aliphatic heterocycles. The van der Waals surface area contributed by atoms with Gasteiger partial charge in [-0.15, -0.1) is 0 Å². The minimum atomic E-state index is -0.631. The van der Waals surface area contributed by atoms with E-state index in [1.165, 1.54) is 38.4 Å². The molecule has 0 fully saturated rings. The van der Waals surface area contributed by atoms with Gasteiger partial charge in [-0.3, -0.25) is 9.78 Å². The summed E-state index contributed by atoms with van der Waals surface area (Å²) in [5.41, 5.74) is 0.845. The molecule has 1 amide bonds. The van der Waals surface area contributed by atoms with Gasteiger partial charge < -0.3 is 10.1 Å². The number of carbonyl (C=O) groups excluding carboxylic acids is 1. The monoisotopic (exact) mass is 328 g/mol. The van der Waals surface area contributed by atoms with Crippen LogP contribution >= 0.6 is 23.2 Å². The molecule has 0 atom stereocenters. The number of hydrogen-bond donors (Lipinski definition) is 1. The van der Waals surface area contributed by atoms with Crippen LogP contribution in [0.25, 0.3) is 11.3 Å². The number of anilines is 1. The second-order valence-electron chi connectivity index (χ2n) is 4.17. The Bertz CT molecular complexity index is 708. The lowest BCUT2D eigenvalue weighted by atomic mass is 10.1. The number of rotatable bonds is 3. The van der Waals surface area contributed by atoms with Crippen molar-refractivity contribution in [2.75, 3.05) is 12.4 Å². The lowest BCUT2D eigenvalue weighted by Crippen LogP contribution is -2.06. The zero-order valence-electron chi connectivity index (χ0n) is 11.2. The van der Waals surface area contributed by atoms with Crippen molar-refractivity contribution >= 4 is 34.8 Å². The maximum Gasteiger partial charge on any atom is 0.221 e. The first kappa shape index (κ1) is 15.5. The smallest absolute Gasteiger partial charge is 0.221 e. The second kappa shape index (κ2) is 6.28. The molecule has 0 radical (unpaired) electrons. The van der Waals surface area contributed by atoms with E-state index in [2.05, 4.69) is 10.3 Å². The van der Waals surface area contributed by atoms with Crippen LogP contribution in [-0.4, -0.2) is 18.0 Å². The van der Waals surface area contributed by atoms with E-state index >= 15 is 0 Å². The lowest BCUT2D eigenvalue weighted by molar-refractivity contribution is -0.114. The van der Waals surface area contributed by atoms with Gasteiger partial charge >= 0.3 is 0 Å². The van der Waals surface area contributed by atoms with Crippen LogP contribution in [0, 0.1) is 5.82 Å². The molecular weight excluding hydrogens is 318 g/mol. The predicted octanol–water partition coefficient (Wildman–Crippen LogP) is 4.16. The molecule has 2 rings (SSSR count). The molecule has 1 aromatic carbocycles. The first-order chi connectivity index (χ1) is 9.93. The number of benzene rings is 1. The first-order valence-electron chi connectivity index (χ1n) is 5.89. The number of nitrogens with one attached hydrogen (secondary N) is 1. The van der Waals surface area contributed by atoms with E-state index in [4.69, 9.17) is 27.9 Å². The van der Waals surface area contributed by atoms with Gasteiger partial charge in [0.25, 0.3) is 0 Å². The number of carbonyl (C=O) groups is 1. The molecule has 2 aromatic rings. The number of amides is 1. The molecule has 1 heterocycles. The number of ether oxygens (including phenoxy) is 1. The minimum Gasteiger partial charge on any atom is -0.492 e. The molecule has 0 saturated heterocycles. The second-order valence-corrected chi connectivity index (χ2v) is 4.99. The molecule has 4 nitrogen and oxygen atoms in total. The topological polar surface area (TPSA) is 51.2 Å². The van der Waals surface area contributed by atoms with E-state index in [1.54, 1.807) is 0 Å². The summed E-state index contributed by atoms with van der Waals surface area (Å²) >= 11 is 11.8. The quantitative estimate of drug-likeness (QED) is 0.920. The first-order valence-corrected chi connectivity index (χ1v) is 6.65. The molecule has 7 heteroatoms. The molecule has 1 aromatic heterocycles. The van der Waals surface area contributed by atoms with Crippen LogP contribution in [0.4, 0.5) is 10.1 Å². The molecule has 0 aliphatic rings. The normalized spacial score (nSPS) is 10.3. The molecule has 0 spiro atoms. The Morgan fingerprint density at radius 1 is 1.33 bits per heavy atom. The summed E-state index contributed by atoms with van der Waals surface area (Å²) in [6.07, 6.45) is 1.34. The summed E-state index contributed by atoms with van der Waals surface area (Å²) in [5, 5.41) is 2.97. The van der Waals surface area contributed by atoms with Crippen LogP contribution in [-0.2, 0) is 4.79 Å². The number of methoxy groups -OCH3 is 1. The van der Waals surface area contributed by atoms with Crippen LogP contribution in [0.15, 0.2) is 24.4 Å². The van der Waals surface area contributed by atoms with Crippen molar-refractivity contribution in [2.45, 2.75) is 6.92 Å². The Kier molecular flexibility index (Phi) is 4.65. The highest BCUT2D eigenvalue weighted by atomic mass is 35.5. The standard InChI is InChI=1S/C14H11Cl2FN2O2/c1-7(20)19-12-5-11(18-6-10(12)16)8-3-4-9(15)14(21-2)13(8)17/h3-6H,1-2H3,(H,18,19,20). The third-order valence-electron chi connectivity index (χ3n) is 2.70. The van der Waals surface area contributed by atoms with Crippen molar-refractivity contribution in [1.29, 1.82) is 0 Å². The summed E-state index contributed by atoms with van der Waals surface area (Å²) in [5.74, 6) is -0.983. The summed E-state index contributed by atoms with van der Waals surface area (Å²) in [7, 11) is 1.33. The fourth-order valence-corrected chi connectivity index (χ4v) is 2.16. The van der Waals surface area contributed by atoms with Crippen LogP contribution in [0.2, 0.25) is 10.0 Å².